The Hall–Kier alpha value is -2.37. The first-order valence-corrected chi connectivity index (χ1v) is 9.41. The number of carbonyl (C=O) groups is 1. The van der Waals surface area contributed by atoms with Gasteiger partial charge < -0.3 is 4.90 Å². The van der Waals surface area contributed by atoms with Crippen molar-refractivity contribution < 1.29 is 4.79 Å². The molecular formula is C20H18Cl2N4O. The molecule has 4 rings (SSSR count). The van der Waals surface area contributed by atoms with E-state index in [0.29, 0.717) is 22.3 Å². The summed E-state index contributed by atoms with van der Waals surface area (Å²) in [5, 5.41) is 5.43. The molecule has 0 radical (unpaired) electrons. The number of carbonyl (C=O) groups excluding carboxylic acids is 1. The van der Waals surface area contributed by atoms with Crippen LogP contribution in [0.5, 0.6) is 0 Å². The molecule has 1 aliphatic heterocycles. The molecule has 7 heteroatoms. The Morgan fingerprint density at radius 3 is 2.70 bits per heavy atom. The van der Waals surface area contributed by atoms with Gasteiger partial charge in [-0.05, 0) is 56.2 Å². The van der Waals surface area contributed by atoms with E-state index in [0.717, 1.165) is 28.1 Å². The van der Waals surface area contributed by atoms with Crippen molar-refractivity contribution in [1.29, 1.82) is 0 Å². The van der Waals surface area contributed by atoms with Crippen LogP contribution in [0.3, 0.4) is 0 Å². The number of aromatic nitrogens is 3. The molecule has 0 N–H and O–H groups in total. The van der Waals surface area contributed by atoms with Crippen molar-refractivity contribution in [2.75, 3.05) is 11.4 Å². The second-order valence-electron chi connectivity index (χ2n) is 6.81. The quantitative estimate of drug-likeness (QED) is 0.601. The topological polar surface area (TPSA) is 51.0 Å². The van der Waals surface area contributed by atoms with Crippen LogP contribution in [0.4, 0.5) is 5.69 Å². The SMILES string of the molecule is Cc1cc(-c2cnn3c2C(=O)N(c2ccc(Cl)c(Cl)c2C)C[C@@H]3C)ccn1. The monoisotopic (exact) mass is 400 g/mol. The number of benzene rings is 1. The van der Waals surface area contributed by atoms with E-state index < -0.39 is 0 Å². The van der Waals surface area contributed by atoms with Gasteiger partial charge in [0.25, 0.3) is 5.91 Å². The highest BCUT2D eigenvalue weighted by Crippen LogP contribution is 2.37. The smallest absolute Gasteiger partial charge is 0.277 e. The third-order valence-electron chi connectivity index (χ3n) is 4.92. The van der Waals surface area contributed by atoms with Gasteiger partial charge >= 0.3 is 0 Å². The summed E-state index contributed by atoms with van der Waals surface area (Å²) in [4.78, 5) is 19.4. The number of fused-ring (bicyclic) bond motifs is 1. The molecule has 1 aromatic carbocycles. The van der Waals surface area contributed by atoms with Crippen molar-refractivity contribution in [3.63, 3.8) is 0 Å². The van der Waals surface area contributed by atoms with Gasteiger partial charge in [-0.3, -0.25) is 14.5 Å². The van der Waals surface area contributed by atoms with Gasteiger partial charge in [-0.1, -0.05) is 23.2 Å². The van der Waals surface area contributed by atoms with Crippen LogP contribution in [0.15, 0.2) is 36.7 Å². The summed E-state index contributed by atoms with van der Waals surface area (Å²) in [6.45, 7) is 6.36. The molecule has 1 atom stereocenters. The number of rotatable bonds is 2. The molecule has 3 heterocycles. The Kier molecular flexibility index (Phi) is 4.44. The number of halogens is 2. The van der Waals surface area contributed by atoms with E-state index in [1.54, 1.807) is 28.0 Å². The molecule has 0 spiro atoms. The lowest BCUT2D eigenvalue weighted by atomic mass is 10.0. The highest BCUT2D eigenvalue weighted by Gasteiger charge is 2.34. The van der Waals surface area contributed by atoms with Gasteiger partial charge in [0.1, 0.15) is 5.69 Å². The highest BCUT2D eigenvalue weighted by atomic mass is 35.5. The first kappa shape index (κ1) is 18.0. The lowest BCUT2D eigenvalue weighted by Gasteiger charge is -2.33. The van der Waals surface area contributed by atoms with Crippen molar-refractivity contribution in [2.45, 2.75) is 26.8 Å². The van der Waals surface area contributed by atoms with Crippen LogP contribution < -0.4 is 4.90 Å². The lowest BCUT2D eigenvalue weighted by molar-refractivity contribution is 0.0954. The zero-order chi connectivity index (χ0) is 19.3. The molecule has 27 heavy (non-hydrogen) atoms. The van der Waals surface area contributed by atoms with Crippen molar-refractivity contribution in [2.24, 2.45) is 0 Å². The number of aryl methyl sites for hydroxylation is 1. The predicted octanol–water partition coefficient (Wildman–Crippen LogP) is 5.09. The average molecular weight is 401 g/mol. The Bertz CT molecular complexity index is 1060. The van der Waals surface area contributed by atoms with E-state index >= 15 is 0 Å². The van der Waals surface area contributed by atoms with Crippen LogP contribution in [-0.2, 0) is 0 Å². The average Bonchev–Trinajstić information content (AvgIpc) is 3.09. The highest BCUT2D eigenvalue weighted by molar-refractivity contribution is 6.42. The van der Waals surface area contributed by atoms with Crippen molar-refractivity contribution in [3.8, 4) is 11.1 Å². The molecule has 138 valence electrons. The lowest BCUT2D eigenvalue weighted by Crippen LogP contribution is -2.43. The molecule has 1 amide bonds. The molecule has 1 aliphatic rings. The third-order valence-corrected chi connectivity index (χ3v) is 5.82. The van der Waals surface area contributed by atoms with Gasteiger partial charge in [0.15, 0.2) is 0 Å². The van der Waals surface area contributed by atoms with Crippen LogP contribution in [-0.4, -0.2) is 27.2 Å². The first-order chi connectivity index (χ1) is 12.9. The minimum Gasteiger partial charge on any atom is -0.305 e. The molecule has 0 saturated carbocycles. The molecular weight excluding hydrogens is 383 g/mol. The fourth-order valence-electron chi connectivity index (χ4n) is 3.53. The number of nitrogens with zero attached hydrogens (tertiary/aromatic N) is 4. The standard InChI is InChI=1S/C20H18Cl2N4O/c1-11-8-14(6-7-23-11)15-9-24-26-12(2)10-25(20(27)19(15)26)17-5-4-16(21)18(22)13(17)3/h4-9,12H,10H2,1-3H3/t12-/m0/s1. The molecule has 0 unspecified atom stereocenters. The van der Waals surface area contributed by atoms with Gasteiger partial charge in [0, 0.05) is 29.7 Å². The fraction of sp³-hybridized carbons (Fsp3) is 0.250. The molecule has 0 fully saturated rings. The minimum atomic E-state index is -0.100. The minimum absolute atomic E-state index is 0.0308. The maximum Gasteiger partial charge on any atom is 0.277 e. The van der Waals surface area contributed by atoms with Crippen molar-refractivity contribution >= 4 is 34.8 Å². The summed E-state index contributed by atoms with van der Waals surface area (Å²) in [6, 6.07) is 7.45. The van der Waals surface area contributed by atoms with Gasteiger partial charge in [0.2, 0.25) is 0 Å². The fourth-order valence-corrected chi connectivity index (χ4v) is 3.89. The summed E-state index contributed by atoms with van der Waals surface area (Å²) in [7, 11) is 0. The second kappa shape index (κ2) is 6.66. The molecule has 2 aromatic heterocycles. The number of hydrogen-bond donors (Lipinski definition) is 0. The van der Waals surface area contributed by atoms with E-state index in [9.17, 15) is 4.79 Å². The second-order valence-corrected chi connectivity index (χ2v) is 7.59. The summed E-state index contributed by atoms with van der Waals surface area (Å²) >= 11 is 12.4. The maximum atomic E-state index is 13.4. The van der Waals surface area contributed by atoms with Crippen LogP contribution in [0.1, 0.15) is 34.7 Å². The van der Waals surface area contributed by atoms with Crippen LogP contribution in [0.25, 0.3) is 11.1 Å². The zero-order valence-electron chi connectivity index (χ0n) is 15.2. The largest absolute Gasteiger partial charge is 0.305 e. The van der Waals surface area contributed by atoms with E-state index in [1.165, 1.54) is 0 Å². The first-order valence-electron chi connectivity index (χ1n) is 8.65. The Balaban J connectivity index is 1.85. The molecule has 3 aromatic rings. The van der Waals surface area contributed by atoms with Crippen molar-refractivity contribution in [1.82, 2.24) is 14.8 Å². The molecule has 0 saturated heterocycles. The van der Waals surface area contributed by atoms with E-state index in [4.69, 9.17) is 23.2 Å². The third kappa shape index (κ3) is 2.91. The molecule has 5 nitrogen and oxygen atoms in total. The van der Waals surface area contributed by atoms with Crippen LogP contribution >= 0.6 is 23.2 Å². The summed E-state index contributed by atoms with van der Waals surface area (Å²) in [6.07, 6.45) is 3.50. The Morgan fingerprint density at radius 1 is 1.19 bits per heavy atom. The zero-order valence-corrected chi connectivity index (χ0v) is 16.7. The van der Waals surface area contributed by atoms with Gasteiger partial charge in [0.05, 0.1) is 22.3 Å². The van der Waals surface area contributed by atoms with Gasteiger partial charge in [-0.2, -0.15) is 5.10 Å². The normalized spacial score (nSPS) is 16.6. The van der Waals surface area contributed by atoms with Crippen molar-refractivity contribution in [3.05, 3.63) is 63.7 Å². The van der Waals surface area contributed by atoms with Gasteiger partial charge in [-0.25, -0.2) is 0 Å². The van der Waals surface area contributed by atoms with Crippen LogP contribution in [0.2, 0.25) is 10.0 Å². The summed E-state index contributed by atoms with van der Waals surface area (Å²) in [5.41, 5.74) is 4.76. The van der Waals surface area contributed by atoms with Gasteiger partial charge in [-0.15, -0.1) is 0 Å². The van der Waals surface area contributed by atoms with E-state index in [-0.39, 0.29) is 11.9 Å². The number of amides is 1. The maximum absolute atomic E-state index is 13.4. The predicted molar refractivity (Wildman–Crippen MR) is 108 cm³/mol. The number of hydrogen-bond acceptors (Lipinski definition) is 3. The van der Waals surface area contributed by atoms with Crippen LogP contribution in [0, 0.1) is 13.8 Å². The Morgan fingerprint density at radius 2 is 1.96 bits per heavy atom. The summed E-state index contributed by atoms with van der Waals surface area (Å²) in [5.74, 6) is -0.100. The summed E-state index contributed by atoms with van der Waals surface area (Å²) < 4.78 is 1.80. The molecule has 0 aliphatic carbocycles. The Labute approximate surface area is 167 Å². The molecule has 0 bridgehead atoms. The number of anilines is 1. The number of pyridine rings is 1. The van der Waals surface area contributed by atoms with E-state index in [1.807, 2.05) is 39.0 Å². The van der Waals surface area contributed by atoms with E-state index in [2.05, 4.69) is 10.1 Å².